The average Bonchev–Trinajstić information content (AvgIpc) is 2.53. The molecule has 0 spiro atoms. The number of anilines is 2. The number of hydrogen-bond donors (Lipinski definition) is 3. The summed E-state index contributed by atoms with van der Waals surface area (Å²) in [5.41, 5.74) is 1.48. The number of rotatable bonds is 5. The van der Waals surface area contributed by atoms with Crippen molar-refractivity contribution in [3.8, 4) is 0 Å². The van der Waals surface area contributed by atoms with E-state index in [1.807, 2.05) is 6.92 Å². The molecule has 4 N–H and O–H groups in total. The Morgan fingerprint density at radius 2 is 1.67 bits per heavy atom. The van der Waals surface area contributed by atoms with Crippen LogP contribution in [0.1, 0.15) is 47.0 Å². The van der Waals surface area contributed by atoms with Crippen LogP contribution in [0.5, 0.6) is 0 Å². The first-order chi connectivity index (χ1) is 11.4. The number of nitrogens with one attached hydrogen (secondary N) is 2. The Balaban J connectivity index is 1.88. The standard InChI is InChI=1S/C19H29N3O2/c1-12-6-5-7-18(13(12)2)20-14(3)19(24)22-17-10-8-16(9-11-17)21-15(4)23/h8-14,18,20H,5-7H2,1-4H3,(H,21,23)(H,22,24)/p+1/t12-,13-,14+,18-/m1/s1. The van der Waals surface area contributed by atoms with Crippen LogP contribution >= 0.6 is 0 Å². The maximum absolute atomic E-state index is 12.4. The summed E-state index contributed by atoms with van der Waals surface area (Å²) in [5, 5.41) is 7.89. The molecule has 0 saturated heterocycles. The molecule has 1 saturated carbocycles. The minimum atomic E-state index is -0.113. The van der Waals surface area contributed by atoms with Gasteiger partial charge in [0.2, 0.25) is 5.91 Å². The van der Waals surface area contributed by atoms with E-state index in [1.165, 1.54) is 26.2 Å². The van der Waals surface area contributed by atoms with Crippen molar-refractivity contribution in [2.45, 2.75) is 59.0 Å². The lowest BCUT2D eigenvalue weighted by atomic mass is 9.78. The normalized spacial score (nSPS) is 24.9. The first kappa shape index (κ1) is 18.5. The van der Waals surface area contributed by atoms with Gasteiger partial charge in [-0.2, -0.15) is 0 Å². The molecule has 0 unspecified atom stereocenters. The Morgan fingerprint density at radius 3 is 2.25 bits per heavy atom. The maximum atomic E-state index is 12.4. The second-order valence-corrected chi connectivity index (χ2v) is 7.16. The predicted molar refractivity (Wildman–Crippen MR) is 96.7 cm³/mol. The SMILES string of the molecule is CC(=O)Nc1ccc(NC(=O)[C@H](C)[NH2+][C@@H]2CCC[C@@H](C)[C@H]2C)cc1. The number of quaternary nitrogens is 1. The Labute approximate surface area is 144 Å². The van der Waals surface area contributed by atoms with Crippen LogP contribution in [0.2, 0.25) is 0 Å². The molecule has 0 bridgehead atoms. The fourth-order valence-electron chi connectivity index (χ4n) is 3.45. The summed E-state index contributed by atoms with van der Waals surface area (Å²) in [5.74, 6) is 1.29. The van der Waals surface area contributed by atoms with Gasteiger partial charge in [0, 0.05) is 24.2 Å². The molecule has 0 aromatic heterocycles. The van der Waals surface area contributed by atoms with Crippen molar-refractivity contribution in [3.63, 3.8) is 0 Å². The van der Waals surface area contributed by atoms with Crippen molar-refractivity contribution >= 4 is 23.2 Å². The van der Waals surface area contributed by atoms with Gasteiger partial charge in [0.15, 0.2) is 6.04 Å². The van der Waals surface area contributed by atoms with Gasteiger partial charge in [0.1, 0.15) is 0 Å². The van der Waals surface area contributed by atoms with E-state index >= 15 is 0 Å². The third kappa shape index (κ3) is 5.06. The number of amides is 2. The largest absolute Gasteiger partial charge is 0.334 e. The highest BCUT2D eigenvalue weighted by molar-refractivity contribution is 5.94. The van der Waals surface area contributed by atoms with Gasteiger partial charge in [-0.15, -0.1) is 0 Å². The maximum Gasteiger partial charge on any atom is 0.282 e. The molecule has 0 heterocycles. The molecule has 1 aromatic rings. The van der Waals surface area contributed by atoms with E-state index in [1.54, 1.807) is 24.3 Å². The summed E-state index contributed by atoms with van der Waals surface area (Å²) in [6.45, 7) is 8.05. The van der Waals surface area contributed by atoms with Gasteiger partial charge < -0.3 is 16.0 Å². The molecule has 5 nitrogen and oxygen atoms in total. The van der Waals surface area contributed by atoms with Crippen LogP contribution in [0.3, 0.4) is 0 Å². The summed E-state index contributed by atoms with van der Waals surface area (Å²) in [6, 6.07) is 7.60. The van der Waals surface area contributed by atoms with Crippen molar-refractivity contribution in [1.82, 2.24) is 0 Å². The van der Waals surface area contributed by atoms with E-state index < -0.39 is 0 Å². The third-order valence-corrected chi connectivity index (χ3v) is 5.19. The van der Waals surface area contributed by atoms with Crippen molar-refractivity contribution in [2.24, 2.45) is 11.8 Å². The van der Waals surface area contributed by atoms with Crippen LogP contribution in [-0.2, 0) is 9.59 Å². The van der Waals surface area contributed by atoms with Crippen LogP contribution in [-0.4, -0.2) is 23.9 Å². The number of carbonyl (C=O) groups excluding carboxylic acids is 2. The van der Waals surface area contributed by atoms with Crippen molar-refractivity contribution in [1.29, 1.82) is 0 Å². The van der Waals surface area contributed by atoms with Gasteiger partial charge in [-0.25, -0.2) is 0 Å². The van der Waals surface area contributed by atoms with Crippen LogP contribution < -0.4 is 16.0 Å². The molecule has 5 heteroatoms. The number of hydrogen-bond acceptors (Lipinski definition) is 2. The highest BCUT2D eigenvalue weighted by Crippen LogP contribution is 2.27. The first-order valence-electron chi connectivity index (χ1n) is 8.90. The van der Waals surface area contributed by atoms with E-state index in [2.05, 4.69) is 29.8 Å². The van der Waals surface area contributed by atoms with Gasteiger partial charge in [-0.05, 0) is 56.4 Å². The van der Waals surface area contributed by atoms with Gasteiger partial charge >= 0.3 is 0 Å². The third-order valence-electron chi connectivity index (χ3n) is 5.19. The van der Waals surface area contributed by atoms with Crippen molar-refractivity contribution < 1.29 is 14.9 Å². The van der Waals surface area contributed by atoms with E-state index in [0.717, 1.165) is 17.3 Å². The minimum absolute atomic E-state index is 0.0210. The van der Waals surface area contributed by atoms with Gasteiger partial charge in [0.25, 0.3) is 5.91 Å². The van der Waals surface area contributed by atoms with E-state index in [4.69, 9.17) is 0 Å². The van der Waals surface area contributed by atoms with E-state index in [0.29, 0.717) is 12.0 Å². The first-order valence-corrected chi connectivity index (χ1v) is 8.90. The Kier molecular flexibility index (Phi) is 6.37. The Morgan fingerprint density at radius 1 is 1.08 bits per heavy atom. The second kappa shape index (κ2) is 8.29. The minimum Gasteiger partial charge on any atom is -0.334 e. The zero-order valence-corrected chi connectivity index (χ0v) is 15.1. The quantitative estimate of drug-likeness (QED) is 0.774. The van der Waals surface area contributed by atoms with Crippen LogP contribution in [0.15, 0.2) is 24.3 Å². The molecule has 24 heavy (non-hydrogen) atoms. The lowest BCUT2D eigenvalue weighted by Crippen LogP contribution is -2.97. The van der Waals surface area contributed by atoms with Gasteiger partial charge in [0.05, 0.1) is 6.04 Å². The average molecular weight is 332 g/mol. The summed E-state index contributed by atoms with van der Waals surface area (Å²) in [7, 11) is 0. The van der Waals surface area contributed by atoms with E-state index in [-0.39, 0.29) is 17.9 Å². The van der Waals surface area contributed by atoms with Crippen molar-refractivity contribution in [2.75, 3.05) is 10.6 Å². The Bertz CT molecular complexity index is 570. The van der Waals surface area contributed by atoms with Crippen molar-refractivity contribution in [3.05, 3.63) is 24.3 Å². The smallest absolute Gasteiger partial charge is 0.282 e. The summed E-state index contributed by atoms with van der Waals surface area (Å²) in [6.07, 6.45) is 3.74. The predicted octanol–water partition coefficient (Wildman–Crippen LogP) is 2.36. The molecule has 1 aliphatic carbocycles. The fourth-order valence-corrected chi connectivity index (χ4v) is 3.45. The number of nitrogens with two attached hydrogens (primary N) is 1. The highest BCUT2D eigenvalue weighted by Gasteiger charge is 2.32. The molecule has 4 atom stereocenters. The number of carbonyl (C=O) groups is 2. The molecular formula is C19H30N3O2+. The molecule has 1 fully saturated rings. The summed E-state index contributed by atoms with van der Waals surface area (Å²) < 4.78 is 0. The topological polar surface area (TPSA) is 74.8 Å². The summed E-state index contributed by atoms with van der Waals surface area (Å²) >= 11 is 0. The molecule has 0 aliphatic heterocycles. The second-order valence-electron chi connectivity index (χ2n) is 7.16. The highest BCUT2D eigenvalue weighted by atomic mass is 16.2. The zero-order chi connectivity index (χ0) is 17.7. The molecule has 0 radical (unpaired) electrons. The van der Waals surface area contributed by atoms with Crippen LogP contribution in [0.4, 0.5) is 11.4 Å². The lowest BCUT2D eigenvalue weighted by molar-refractivity contribution is -0.715. The van der Waals surface area contributed by atoms with Gasteiger partial charge in [-0.1, -0.05) is 13.8 Å². The molecule has 132 valence electrons. The summed E-state index contributed by atoms with van der Waals surface area (Å²) in [4.78, 5) is 23.4. The Hall–Kier alpha value is -1.88. The van der Waals surface area contributed by atoms with Crippen LogP contribution in [0.25, 0.3) is 0 Å². The van der Waals surface area contributed by atoms with Crippen LogP contribution in [0, 0.1) is 11.8 Å². The fraction of sp³-hybridized carbons (Fsp3) is 0.579. The molecule has 2 rings (SSSR count). The van der Waals surface area contributed by atoms with Gasteiger partial charge in [-0.3, -0.25) is 9.59 Å². The molecule has 1 aromatic carbocycles. The molecule has 2 amide bonds. The monoisotopic (exact) mass is 332 g/mol. The number of benzene rings is 1. The van der Waals surface area contributed by atoms with E-state index in [9.17, 15) is 9.59 Å². The molecular weight excluding hydrogens is 302 g/mol. The zero-order valence-electron chi connectivity index (χ0n) is 15.1. The lowest BCUT2D eigenvalue weighted by Gasteiger charge is -2.33. The molecule has 1 aliphatic rings.